The third-order valence-electron chi connectivity index (χ3n) is 4.88. The molecule has 8 heteroatoms. The highest BCUT2D eigenvalue weighted by atomic mass is 35.5. The van der Waals surface area contributed by atoms with Crippen molar-refractivity contribution in [3.8, 4) is 11.4 Å². The Morgan fingerprint density at radius 1 is 1.03 bits per heavy atom. The van der Waals surface area contributed by atoms with Gasteiger partial charge in [-0.25, -0.2) is 9.67 Å². The van der Waals surface area contributed by atoms with Crippen molar-refractivity contribution in [2.24, 2.45) is 0 Å². The van der Waals surface area contributed by atoms with E-state index in [1.165, 1.54) is 17.3 Å². The van der Waals surface area contributed by atoms with Crippen LogP contribution in [0.4, 0.5) is 5.69 Å². The van der Waals surface area contributed by atoms with E-state index in [2.05, 4.69) is 15.4 Å². The second-order valence-electron chi connectivity index (χ2n) is 7.19. The third kappa shape index (κ3) is 4.68. The summed E-state index contributed by atoms with van der Waals surface area (Å²) in [6.45, 7) is 5.90. The predicted molar refractivity (Wildman–Crippen MR) is 126 cm³/mol. The highest BCUT2D eigenvalue weighted by Crippen LogP contribution is 2.25. The summed E-state index contributed by atoms with van der Waals surface area (Å²) in [5, 5.41) is 9.03. The SMILES string of the molecule is Cc1ccc(-n2nc(C)c(NC(=O)CSc3nccn3-c3ccc(Cl)cc3)c2C)cc1. The van der Waals surface area contributed by atoms with Crippen LogP contribution < -0.4 is 5.32 Å². The lowest BCUT2D eigenvalue weighted by Gasteiger charge is -2.09. The largest absolute Gasteiger partial charge is 0.322 e. The standard InChI is InChI=1S/C23H22ClN5OS/c1-15-4-8-20(9-5-15)29-17(3)22(16(2)27-29)26-21(30)14-31-23-25-12-13-28(23)19-10-6-18(24)7-11-19/h4-13H,14H2,1-3H3,(H,26,30). The van der Waals surface area contributed by atoms with E-state index in [9.17, 15) is 4.79 Å². The van der Waals surface area contributed by atoms with E-state index in [0.29, 0.717) is 5.02 Å². The Morgan fingerprint density at radius 2 is 1.71 bits per heavy atom. The highest BCUT2D eigenvalue weighted by molar-refractivity contribution is 7.99. The Bertz CT molecular complexity index is 1210. The quantitative estimate of drug-likeness (QED) is 0.400. The summed E-state index contributed by atoms with van der Waals surface area (Å²) in [5.74, 6) is 0.129. The van der Waals surface area contributed by atoms with E-state index >= 15 is 0 Å². The molecule has 6 nitrogen and oxygen atoms in total. The minimum absolute atomic E-state index is 0.106. The number of nitrogens with one attached hydrogen (secondary N) is 1. The van der Waals surface area contributed by atoms with Crippen LogP contribution in [0, 0.1) is 20.8 Å². The number of nitrogens with zero attached hydrogens (tertiary/aromatic N) is 4. The van der Waals surface area contributed by atoms with Crippen molar-refractivity contribution in [1.82, 2.24) is 19.3 Å². The smallest absolute Gasteiger partial charge is 0.234 e. The normalized spacial score (nSPS) is 11.0. The zero-order chi connectivity index (χ0) is 22.0. The maximum atomic E-state index is 12.7. The fourth-order valence-electron chi connectivity index (χ4n) is 3.26. The van der Waals surface area contributed by atoms with Gasteiger partial charge < -0.3 is 5.32 Å². The molecule has 0 aliphatic carbocycles. The van der Waals surface area contributed by atoms with Crippen molar-refractivity contribution in [3.05, 3.63) is 82.9 Å². The Kier molecular flexibility index (Phi) is 6.15. The van der Waals surface area contributed by atoms with Gasteiger partial charge in [0.25, 0.3) is 0 Å². The van der Waals surface area contributed by atoms with E-state index < -0.39 is 0 Å². The van der Waals surface area contributed by atoms with Crippen molar-refractivity contribution in [2.75, 3.05) is 11.1 Å². The van der Waals surface area contributed by atoms with Gasteiger partial charge in [-0.3, -0.25) is 9.36 Å². The van der Waals surface area contributed by atoms with Crippen LogP contribution in [0.25, 0.3) is 11.4 Å². The van der Waals surface area contributed by atoms with Crippen LogP contribution in [0.5, 0.6) is 0 Å². The summed E-state index contributed by atoms with van der Waals surface area (Å²) >= 11 is 7.35. The highest BCUT2D eigenvalue weighted by Gasteiger charge is 2.16. The number of anilines is 1. The first-order chi connectivity index (χ1) is 14.9. The molecule has 1 N–H and O–H groups in total. The monoisotopic (exact) mass is 451 g/mol. The molecule has 0 unspecified atom stereocenters. The topological polar surface area (TPSA) is 64.7 Å². The van der Waals surface area contributed by atoms with Crippen molar-refractivity contribution in [3.63, 3.8) is 0 Å². The molecular weight excluding hydrogens is 430 g/mol. The first kappa shape index (κ1) is 21.2. The molecule has 0 saturated heterocycles. The van der Waals surface area contributed by atoms with E-state index in [0.717, 1.165) is 33.6 Å². The first-order valence-corrected chi connectivity index (χ1v) is 11.1. The number of thioether (sulfide) groups is 1. The lowest BCUT2D eigenvalue weighted by molar-refractivity contribution is -0.113. The summed E-state index contributed by atoms with van der Waals surface area (Å²) in [6.07, 6.45) is 3.58. The number of benzene rings is 2. The molecule has 0 aliphatic rings. The molecule has 0 bridgehead atoms. The Labute approximate surface area is 190 Å². The lowest BCUT2D eigenvalue weighted by atomic mass is 10.2. The van der Waals surface area contributed by atoms with Crippen LogP contribution in [0.3, 0.4) is 0 Å². The Balaban J connectivity index is 1.45. The van der Waals surface area contributed by atoms with Crippen LogP contribution in [0.15, 0.2) is 66.1 Å². The van der Waals surface area contributed by atoms with Gasteiger partial charge in [-0.15, -0.1) is 0 Å². The second kappa shape index (κ2) is 8.99. The van der Waals surface area contributed by atoms with E-state index in [4.69, 9.17) is 11.6 Å². The minimum Gasteiger partial charge on any atom is -0.322 e. The van der Waals surface area contributed by atoms with E-state index in [1.54, 1.807) is 6.20 Å². The Hall–Kier alpha value is -3.03. The van der Waals surface area contributed by atoms with Crippen LogP contribution in [0.2, 0.25) is 5.02 Å². The van der Waals surface area contributed by atoms with Gasteiger partial charge in [-0.1, -0.05) is 41.1 Å². The lowest BCUT2D eigenvalue weighted by Crippen LogP contribution is -2.15. The molecule has 2 aromatic carbocycles. The minimum atomic E-state index is -0.106. The van der Waals surface area contributed by atoms with Gasteiger partial charge in [0, 0.05) is 23.1 Å². The molecule has 1 amide bonds. The number of carbonyl (C=O) groups excluding carboxylic acids is 1. The number of aromatic nitrogens is 4. The second-order valence-corrected chi connectivity index (χ2v) is 8.57. The maximum absolute atomic E-state index is 12.7. The van der Waals surface area contributed by atoms with Gasteiger partial charge >= 0.3 is 0 Å². The zero-order valence-electron chi connectivity index (χ0n) is 17.5. The molecule has 2 heterocycles. The molecule has 2 aromatic heterocycles. The third-order valence-corrected chi connectivity index (χ3v) is 6.10. The molecule has 4 rings (SSSR count). The number of amides is 1. The molecule has 158 valence electrons. The van der Waals surface area contributed by atoms with Gasteiger partial charge in [0.15, 0.2) is 5.16 Å². The molecular formula is C23H22ClN5OS. The van der Waals surface area contributed by atoms with Crippen molar-refractivity contribution >= 4 is 35.0 Å². The van der Waals surface area contributed by atoms with E-state index in [-0.39, 0.29) is 11.7 Å². The molecule has 0 spiro atoms. The van der Waals surface area contributed by atoms with Gasteiger partial charge in [0.05, 0.1) is 28.5 Å². The average molecular weight is 452 g/mol. The molecule has 0 radical (unpaired) electrons. The summed E-state index contributed by atoms with van der Waals surface area (Å²) in [4.78, 5) is 17.0. The number of rotatable bonds is 6. The molecule has 4 aromatic rings. The summed E-state index contributed by atoms with van der Waals surface area (Å²) in [6, 6.07) is 15.6. The van der Waals surface area contributed by atoms with Gasteiger partial charge in [-0.2, -0.15) is 5.10 Å². The predicted octanol–water partition coefficient (Wildman–Crippen LogP) is 5.37. The van der Waals surface area contributed by atoms with Crippen LogP contribution in [-0.2, 0) is 4.79 Å². The van der Waals surface area contributed by atoms with Crippen LogP contribution in [0.1, 0.15) is 17.0 Å². The number of halogens is 1. The fraction of sp³-hybridized carbons (Fsp3) is 0.174. The number of imidazole rings is 1. The number of hydrogen-bond donors (Lipinski definition) is 1. The maximum Gasteiger partial charge on any atom is 0.234 e. The van der Waals surface area contributed by atoms with Gasteiger partial charge in [0.2, 0.25) is 5.91 Å². The summed E-state index contributed by atoms with van der Waals surface area (Å²) in [5.41, 5.74) is 5.50. The van der Waals surface area contributed by atoms with Crippen molar-refractivity contribution in [1.29, 1.82) is 0 Å². The van der Waals surface area contributed by atoms with Crippen molar-refractivity contribution < 1.29 is 4.79 Å². The summed E-state index contributed by atoms with van der Waals surface area (Å²) < 4.78 is 3.78. The summed E-state index contributed by atoms with van der Waals surface area (Å²) in [7, 11) is 0. The molecule has 0 fully saturated rings. The zero-order valence-corrected chi connectivity index (χ0v) is 19.0. The fourth-order valence-corrected chi connectivity index (χ4v) is 4.16. The molecule has 0 atom stereocenters. The first-order valence-electron chi connectivity index (χ1n) is 9.77. The van der Waals surface area contributed by atoms with Crippen LogP contribution in [-0.4, -0.2) is 31.0 Å². The molecule has 31 heavy (non-hydrogen) atoms. The van der Waals surface area contributed by atoms with E-state index in [1.807, 2.05) is 84.7 Å². The van der Waals surface area contributed by atoms with Gasteiger partial charge in [-0.05, 0) is 57.2 Å². The molecule has 0 aliphatic heterocycles. The number of hydrogen-bond acceptors (Lipinski definition) is 4. The average Bonchev–Trinajstić information content (AvgIpc) is 3.33. The van der Waals surface area contributed by atoms with Crippen molar-refractivity contribution in [2.45, 2.75) is 25.9 Å². The van der Waals surface area contributed by atoms with Crippen LogP contribution >= 0.6 is 23.4 Å². The van der Waals surface area contributed by atoms with Gasteiger partial charge in [0.1, 0.15) is 0 Å². The number of aryl methyl sites for hydroxylation is 2. The Morgan fingerprint density at radius 3 is 2.42 bits per heavy atom. The molecule has 0 saturated carbocycles. The number of carbonyl (C=O) groups is 1.